The minimum atomic E-state index is -0.116. The third-order valence-electron chi connectivity index (χ3n) is 2.41. The van der Waals surface area contributed by atoms with Crippen LogP contribution in [0.1, 0.15) is 20.8 Å². The number of hydrogen-bond acceptors (Lipinski definition) is 3. The molecule has 0 aromatic heterocycles. The topological polar surface area (TPSA) is 9.72 Å². The average Bonchev–Trinajstić information content (AvgIpc) is 2.16. The Morgan fingerprint density at radius 3 is 1.38 bits per heavy atom. The number of hydrogen-bond donors (Lipinski definition) is 0. The molecule has 0 unspecified atom stereocenters. The van der Waals surface area contributed by atoms with Crippen LogP contribution in [-0.2, 0) is 0 Å². The summed E-state index contributed by atoms with van der Waals surface area (Å²) in [5, 5.41) is 0. The van der Waals surface area contributed by atoms with Crippen LogP contribution in [0.15, 0.2) is 0 Å². The first kappa shape index (κ1) is 13.3. The zero-order chi connectivity index (χ0) is 10.3. The Morgan fingerprint density at radius 1 is 0.769 bits per heavy atom. The van der Waals surface area contributed by atoms with Crippen LogP contribution in [0.5, 0.6) is 0 Å². The van der Waals surface area contributed by atoms with E-state index < -0.39 is 0 Å². The maximum Gasteiger partial charge on any atom is 0.166 e. The minimum Gasteiger partial charge on any atom is -0.331 e. The largest absolute Gasteiger partial charge is 0.331 e. The van der Waals surface area contributed by atoms with E-state index in [0.29, 0.717) is 0 Å². The summed E-state index contributed by atoms with van der Waals surface area (Å²) in [6, 6.07) is 0. The molecule has 0 aliphatic carbocycles. The highest BCUT2D eigenvalue weighted by Crippen LogP contribution is 1.89. The molecule has 0 fully saturated rings. The van der Waals surface area contributed by atoms with E-state index >= 15 is 0 Å². The van der Waals surface area contributed by atoms with Gasteiger partial charge < -0.3 is 13.4 Å². The van der Waals surface area contributed by atoms with Crippen molar-refractivity contribution < 1.29 is 0 Å². The molecule has 0 saturated heterocycles. The first-order valence-corrected chi connectivity index (χ1v) is 7.76. The minimum absolute atomic E-state index is 0.116. The van der Waals surface area contributed by atoms with Crippen LogP contribution >= 0.6 is 0 Å². The number of rotatable bonds is 7. The summed E-state index contributed by atoms with van der Waals surface area (Å²) in [7, 11) is 4.26. The number of nitrogens with zero attached hydrogens (tertiary/aromatic N) is 3. The van der Waals surface area contributed by atoms with E-state index in [-0.39, 0.29) is 19.7 Å². The van der Waals surface area contributed by atoms with Crippen molar-refractivity contribution >= 4 is 19.7 Å². The van der Waals surface area contributed by atoms with Crippen molar-refractivity contribution in [3.8, 4) is 0 Å². The predicted molar refractivity (Wildman–Crippen MR) is 66.1 cm³/mol. The predicted octanol–water partition coefficient (Wildman–Crippen LogP) is -0.791. The van der Waals surface area contributed by atoms with Crippen molar-refractivity contribution in [2.45, 2.75) is 20.8 Å². The lowest BCUT2D eigenvalue weighted by Gasteiger charge is -2.28. The molecule has 0 spiro atoms. The zero-order valence-corrected chi connectivity index (χ0v) is 12.7. The van der Waals surface area contributed by atoms with Crippen LogP contribution in [-0.4, -0.2) is 66.8 Å². The molecule has 0 heterocycles. The van der Waals surface area contributed by atoms with Crippen molar-refractivity contribution in [1.29, 1.82) is 0 Å². The molecule has 0 aromatic rings. The Bertz CT molecular complexity index is 112. The quantitative estimate of drug-likeness (QED) is 0.520. The molecule has 0 atom stereocenters. The van der Waals surface area contributed by atoms with Gasteiger partial charge in [0.15, 0.2) is 19.7 Å². The maximum atomic E-state index is 2.72. The Labute approximate surface area is 88.0 Å². The van der Waals surface area contributed by atoms with Crippen molar-refractivity contribution in [3.63, 3.8) is 0 Å². The van der Waals surface area contributed by atoms with Crippen LogP contribution < -0.4 is 0 Å². The SMILES string of the molecule is CCN(C)[SiH2]N(CC)[SiH2]N(C)CC. The molecule has 0 aromatic carbocycles. The lowest BCUT2D eigenvalue weighted by atomic mass is 10.8. The summed E-state index contributed by atoms with van der Waals surface area (Å²) < 4.78 is 7.72. The highest BCUT2D eigenvalue weighted by Gasteiger charge is 2.08. The normalized spacial score (nSPS) is 13.8. The van der Waals surface area contributed by atoms with Crippen LogP contribution in [0, 0.1) is 0 Å². The van der Waals surface area contributed by atoms with E-state index in [1.807, 2.05) is 0 Å². The van der Waals surface area contributed by atoms with Gasteiger partial charge in [-0.2, -0.15) is 0 Å². The summed E-state index contributed by atoms with van der Waals surface area (Å²) in [6.07, 6.45) is 0. The molecule has 13 heavy (non-hydrogen) atoms. The molecule has 0 radical (unpaired) electrons. The Kier molecular flexibility index (Phi) is 7.88. The lowest BCUT2D eigenvalue weighted by Crippen LogP contribution is -2.47. The summed E-state index contributed by atoms with van der Waals surface area (Å²) in [5.74, 6) is 0. The molecule has 5 heteroatoms. The smallest absolute Gasteiger partial charge is 0.166 e. The second-order valence-electron chi connectivity index (χ2n) is 3.61. The molecule has 0 rings (SSSR count). The summed E-state index contributed by atoms with van der Waals surface area (Å²) >= 11 is 0. The van der Waals surface area contributed by atoms with E-state index in [1.165, 1.54) is 19.6 Å². The molecule has 0 aliphatic rings. The molecule has 0 aliphatic heterocycles. The van der Waals surface area contributed by atoms with Crippen LogP contribution in [0.25, 0.3) is 0 Å². The van der Waals surface area contributed by atoms with Crippen LogP contribution in [0.4, 0.5) is 0 Å². The Hall–Kier alpha value is 0.314. The first-order chi connectivity index (χ1) is 6.13. The highest BCUT2D eigenvalue weighted by molar-refractivity contribution is 6.46. The molecule has 0 saturated carbocycles. The van der Waals surface area contributed by atoms with Gasteiger partial charge in [-0.1, -0.05) is 20.8 Å². The third-order valence-corrected chi connectivity index (χ3v) is 7.16. The van der Waals surface area contributed by atoms with Gasteiger partial charge in [0.25, 0.3) is 0 Å². The monoisotopic (exact) mass is 219 g/mol. The van der Waals surface area contributed by atoms with Crippen molar-refractivity contribution in [2.24, 2.45) is 0 Å². The second kappa shape index (κ2) is 7.69. The van der Waals surface area contributed by atoms with Gasteiger partial charge in [-0.05, 0) is 33.7 Å². The van der Waals surface area contributed by atoms with Gasteiger partial charge in [-0.25, -0.2) is 0 Å². The summed E-state index contributed by atoms with van der Waals surface area (Å²) in [5.41, 5.74) is 0. The summed E-state index contributed by atoms with van der Waals surface area (Å²) in [6.45, 7) is 10.4. The van der Waals surface area contributed by atoms with Gasteiger partial charge in [0, 0.05) is 0 Å². The molecule has 0 amide bonds. The fourth-order valence-corrected chi connectivity index (χ4v) is 5.70. The molecule has 0 N–H and O–H groups in total. The van der Waals surface area contributed by atoms with Gasteiger partial charge in [-0.15, -0.1) is 0 Å². The fourth-order valence-electron chi connectivity index (χ4n) is 1.13. The van der Waals surface area contributed by atoms with Crippen LogP contribution in [0.2, 0.25) is 0 Å². The Balaban J connectivity index is 3.74. The van der Waals surface area contributed by atoms with E-state index in [9.17, 15) is 0 Å². The molecule has 3 nitrogen and oxygen atoms in total. The van der Waals surface area contributed by atoms with Gasteiger partial charge >= 0.3 is 0 Å². The molecular formula is C8H25N3Si2. The van der Waals surface area contributed by atoms with Crippen LogP contribution in [0.3, 0.4) is 0 Å². The fraction of sp³-hybridized carbons (Fsp3) is 1.00. The van der Waals surface area contributed by atoms with E-state index in [1.54, 1.807) is 0 Å². The van der Waals surface area contributed by atoms with E-state index in [0.717, 1.165) is 0 Å². The standard InChI is InChI=1S/C8H25N3Si2/c1-6-9(4)12-11(8-3)13-10(5)7-2/h6-8,12-13H2,1-5H3. The van der Waals surface area contributed by atoms with Gasteiger partial charge in [0.1, 0.15) is 0 Å². The van der Waals surface area contributed by atoms with E-state index in [4.69, 9.17) is 0 Å². The molecular weight excluding hydrogens is 194 g/mol. The highest BCUT2D eigenvalue weighted by atomic mass is 28.3. The van der Waals surface area contributed by atoms with Crippen molar-refractivity contribution in [3.05, 3.63) is 0 Å². The van der Waals surface area contributed by atoms with E-state index in [2.05, 4.69) is 48.2 Å². The second-order valence-corrected chi connectivity index (χ2v) is 9.02. The lowest BCUT2D eigenvalue weighted by molar-refractivity contribution is 0.479. The average molecular weight is 219 g/mol. The van der Waals surface area contributed by atoms with Gasteiger partial charge in [0.2, 0.25) is 0 Å². The molecule has 80 valence electrons. The van der Waals surface area contributed by atoms with Gasteiger partial charge in [-0.3, -0.25) is 0 Å². The zero-order valence-electron chi connectivity index (χ0n) is 9.88. The molecule has 0 bridgehead atoms. The van der Waals surface area contributed by atoms with Gasteiger partial charge in [0.05, 0.1) is 0 Å². The van der Waals surface area contributed by atoms with Crippen molar-refractivity contribution in [1.82, 2.24) is 13.4 Å². The third kappa shape index (κ3) is 6.39. The van der Waals surface area contributed by atoms with Crippen molar-refractivity contribution in [2.75, 3.05) is 33.7 Å². The summed E-state index contributed by atoms with van der Waals surface area (Å²) in [4.78, 5) is 0. The maximum absolute atomic E-state index is 2.72. The first-order valence-electron chi connectivity index (χ1n) is 5.23. The Morgan fingerprint density at radius 2 is 1.15 bits per heavy atom.